The van der Waals surface area contributed by atoms with Gasteiger partial charge < -0.3 is 14.3 Å². The number of anilines is 1. The van der Waals surface area contributed by atoms with Gasteiger partial charge in [-0.05, 0) is 38.6 Å². The van der Waals surface area contributed by atoms with E-state index in [1.807, 2.05) is 11.9 Å². The van der Waals surface area contributed by atoms with Crippen molar-refractivity contribution < 1.29 is 18.5 Å². The Hall–Kier alpha value is -2.74. The zero-order valence-electron chi connectivity index (χ0n) is 15.3. The molecule has 0 radical (unpaired) electrons. The molecule has 2 amide bonds. The molecule has 7 nitrogen and oxygen atoms in total. The number of likely N-dealkylation sites (N-methyl/N-ethyl adjacent to an activating group) is 1. The molecule has 27 heavy (non-hydrogen) atoms. The normalized spacial score (nSPS) is 23.4. The summed E-state index contributed by atoms with van der Waals surface area (Å²) in [5, 5.41) is 3.81. The summed E-state index contributed by atoms with van der Waals surface area (Å²) in [6.07, 6.45) is 0.727. The molecule has 4 rings (SSSR count). The van der Waals surface area contributed by atoms with Gasteiger partial charge in [0.1, 0.15) is 11.6 Å². The standard InChI is InChI=1S/C19H21FN4O3/c1-13-8-16(21-27-13)18(26)23-7-6-19(11-23)12-24(17(25)10-22(19)2)15-5-3-4-14(20)9-15/h3-5,8-9H,6-7,10-12H2,1-2H3. The number of piperazine rings is 1. The third-order valence-electron chi connectivity index (χ3n) is 5.52. The quantitative estimate of drug-likeness (QED) is 0.802. The molecule has 3 heterocycles. The molecule has 8 heteroatoms. The van der Waals surface area contributed by atoms with E-state index in [2.05, 4.69) is 5.16 Å². The first-order valence-electron chi connectivity index (χ1n) is 8.88. The van der Waals surface area contributed by atoms with E-state index in [0.29, 0.717) is 36.8 Å². The maximum absolute atomic E-state index is 13.6. The fraction of sp³-hybridized carbons (Fsp3) is 0.421. The third kappa shape index (κ3) is 3.10. The second kappa shape index (κ2) is 6.45. The first kappa shape index (κ1) is 17.7. The van der Waals surface area contributed by atoms with E-state index in [1.54, 1.807) is 34.9 Å². The number of hydrogen-bond donors (Lipinski definition) is 0. The number of aryl methyl sites for hydroxylation is 1. The SMILES string of the molecule is Cc1cc(C(=O)N2CCC3(C2)CN(c2cccc(F)c2)C(=O)CN3C)no1. The maximum Gasteiger partial charge on any atom is 0.276 e. The molecule has 142 valence electrons. The molecule has 2 aliphatic rings. The van der Waals surface area contributed by atoms with E-state index in [-0.39, 0.29) is 29.7 Å². The van der Waals surface area contributed by atoms with E-state index in [0.717, 1.165) is 6.42 Å². The summed E-state index contributed by atoms with van der Waals surface area (Å²) in [5.74, 6) is -0.0419. The third-order valence-corrected chi connectivity index (χ3v) is 5.52. The summed E-state index contributed by atoms with van der Waals surface area (Å²) >= 11 is 0. The van der Waals surface area contributed by atoms with Crippen LogP contribution >= 0.6 is 0 Å². The van der Waals surface area contributed by atoms with Gasteiger partial charge in [0.2, 0.25) is 5.91 Å². The van der Waals surface area contributed by atoms with Crippen LogP contribution < -0.4 is 4.90 Å². The van der Waals surface area contributed by atoms with Gasteiger partial charge in [0.05, 0.1) is 12.1 Å². The van der Waals surface area contributed by atoms with E-state index >= 15 is 0 Å². The van der Waals surface area contributed by atoms with Gasteiger partial charge in [-0.2, -0.15) is 0 Å². The highest BCUT2D eigenvalue weighted by Gasteiger charge is 2.49. The monoisotopic (exact) mass is 372 g/mol. The lowest BCUT2D eigenvalue weighted by Crippen LogP contribution is -2.64. The van der Waals surface area contributed by atoms with E-state index < -0.39 is 0 Å². The van der Waals surface area contributed by atoms with Crippen LogP contribution in [0.4, 0.5) is 10.1 Å². The van der Waals surface area contributed by atoms with Crippen molar-refractivity contribution in [3.8, 4) is 0 Å². The van der Waals surface area contributed by atoms with Crippen LogP contribution in [0, 0.1) is 12.7 Å². The van der Waals surface area contributed by atoms with Gasteiger partial charge in [-0.3, -0.25) is 14.5 Å². The molecule has 2 aromatic rings. The van der Waals surface area contributed by atoms with Crippen molar-refractivity contribution in [1.29, 1.82) is 0 Å². The van der Waals surface area contributed by atoms with Gasteiger partial charge >= 0.3 is 0 Å². The summed E-state index contributed by atoms with van der Waals surface area (Å²) in [6.45, 7) is 3.43. The molecule has 1 atom stereocenters. The number of aromatic nitrogens is 1. The lowest BCUT2D eigenvalue weighted by Gasteiger charge is -2.46. The van der Waals surface area contributed by atoms with Crippen molar-refractivity contribution in [2.24, 2.45) is 0 Å². The first-order chi connectivity index (χ1) is 12.9. The zero-order valence-corrected chi connectivity index (χ0v) is 15.3. The summed E-state index contributed by atoms with van der Waals surface area (Å²) in [6, 6.07) is 7.68. The Morgan fingerprint density at radius 2 is 2.11 bits per heavy atom. The summed E-state index contributed by atoms with van der Waals surface area (Å²) < 4.78 is 18.6. The minimum atomic E-state index is -0.377. The van der Waals surface area contributed by atoms with Crippen molar-refractivity contribution in [2.75, 3.05) is 38.1 Å². The van der Waals surface area contributed by atoms with Crippen LogP contribution in [0.15, 0.2) is 34.9 Å². The van der Waals surface area contributed by atoms with Crippen molar-refractivity contribution in [2.45, 2.75) is 18.9 Å². The number of benzene rings is 1. The average Bonchev–Trinajstić information content (AvgIpc) is 3.25. The molecular formula is C19H21FN4O3. The van der Waals surface area contributed by atoms with Gasteiger partial charge in [-0.1, -0.05) is 11.2 Å². The highest BCUT2D eigenvalue weighted by molar-refractivity contribution is 5.96. The number of carbonyl (C=O) groups excluding carboxylic acids is 2. The largest absolute Gasteiger partial charge is 0.361 e. The van der Waals surface area contributed by atoms with Crippen molar-refractivity contribution in [3.63, 3.8) is 0 Å². The number of rotatable bonds is 2. The maximum atomic E-state index is 13.6. The molecule has 2 aliphatic heterocycles. The molecule has 0 saturated carbocycles. The van der Waals surface area contributed by atoms with Gasteiger partial charge in [-0.15, -0.1) is 0 Å². The Morgan fingerprint density at radius 1 is 1.30 bits per heavy atom. The van der Waals surface area contributed by atoms with Crippen molar-refractivity contribution in [1.82, 2.24) is 15.0 Å². The molecular weight excluding hydrogens is 351 g/mol. The first-order valence-corrected chi connectivity index (χ1v) is 8.88. The van der Waals surface area contributed by atoms with Crippen LogP contribution in [-0.2, 0) is 4.79 Å². The van der Waals surface area contributed by atoms with Crippen LogP contribution in [0.5, 0.6) is 0 Å². The van der Waals surface area contributed by atoms with Gasteiger partial charge in [0, 0.05) is 31.4 Å². The Bertz CT molecular complexity index is 899. The van der Waals surface area contributed by atoms with Crippen LogP contribution in [0.1, 0.15) is 22.7 Å². The number of nitrogens with zero attached hydrogens (tertiary/aromatic N) is 4. The Kier molecular flexibility index (Phi) is 4.22. The lowest BCUT2D eigenvalue weighted by molar-refractivity contribution is -0.123. The molecule has 2 saturated heterocycles. The number of halogens is 1. The van der Waals surface area contributed by atoms with Crippen LogP contribution in [0.3, 0.4) is 0 Å². The highest BCUT2D eigenvalue weighted by atomic mass is 19.1. The Balaban J connectivity index is 1.57. The summed E-state index contributed by atoms with van der Waals surface area (Å²) in [4.78, 5) is 30.6. The molecule has 1 aromatic heterocycles. The smallest absolute Gasteiger partial charge is 0.276 e. The second-order valence-corrected chi connectivity index (χ2v) is 7.34. The predicted octanol–water partition coefficient (Wildman–Crippen LogP) is 1.69. The van der Waals surface area contributed by atoms with Gasteiger partial charge in [0.15, 0.2) is 5.69 Å². The molecule has 1 unspecified atom stereocenters. The van der Waals surface area contributed by atoms with Crippen LogP contribution in [0.25, 0.3) is 0 Å². The molecule has 2 fully saturated rings. The van der Waals surface area contributed by atoms with Gasteiger partial charge in [0.25, 0.3) is 5.91 Å². The molecule has 1 spiro atoms. The Labute approximate surface area is 156 Å². The Morgan fingerprint density at radius 3 is 2.81 bits per heavy atom. The fourth-order valence-electron chi connectivity index (χ4n) is 3.94. The van der Waals surface area contributed by atoms with E-state index in [4.69, 9.17) is 4.52 Å². The number of hydrogen-bond acceptors (Lipinski definition) is 5. The topological polar surface area (TPSA) is 69.9 Å². The minimum Gasteiger partial charge on any atom is -0.361 e. The number of likely N-dealkylation sites (tertiary alicyclic amines) is 1. The zero-order chi connectivity index (χ0) is 19.2. The summed E-state index contributed by atoms with van der Waals surface area (Å²) in [5.41, 5.74) is 0.472. The molecule has 0 aliphatic carbocycles. The number of carbonyl (C=O) groups is 2. The minimum absolute atomic E-state index is 0.0781. The average molecular weight is 372 g/mol. The van der Waals surface area contributed by atoms with E-state index in [9.17, 15) is 14.0 Å². The number of amides is 2. The second-order valence-electron chi connectivity index (χ2n) is 7.34. The van der Waals surface area contributed by atoms with Crippen molar-refractivity contribution >= 4 is 17.5 Å². The van der Waals surface area contributed by atoms with E-state index in [1.165, 1.54) is 12.1 Å². The lowest BCUT2D eigenvalue weighted by atomic mass is 9.92. The molecule has 0 N–H and O–H groups in total. The van der Waals surface area contributed by atoms with Gasteiger partial charge in [-0.25, -0.2) is 4.39 Å². The molecule has 0 bridgehead atoms. The van der Waals surface area contributed by atoms with Crippen molar-refractivity contribution in [3.05, 3.63) is 47.6 Å². The summed E-state index contributed by atoms with van der Waals surface area (Å²) in [7, 11) is 1.90. The highest BCUT2D eigenvalue weighted by Crippen LogP contribution is 2.34. The predicted molar refractivity (Wildman–Crippen MR) is 95.9 cm³/mol. The molecule has 1 aromatic carbocycles. The van der Waals surface area contributed by atoms with Crippen LogP contribution in [0.2, 0.25) is 0 Å². The van der Waals surface area contributed by atoms with Crippen LogP contribution in [-0.4, -0.2) is 65.5 Å². The fourth-order valence-corrected chi connectivity index (χ4v) is 3.94.